The van der Waals surface area contributed by atoms with Crippen LogP contribution in [0.3, 0.4) is 0 Å². The molecule has 0 aliphatic carbocycles. The van der Waals surface area contributed by atoms with E-state index in [1.54, 1.807) is 30.0 Å². The third kappa shape index (κ3) is 3.54. The van der Waals surface area contributed by atoms with Crippen LogP contribution in [0.1, 0.15) is 6.92 Å². The number of para-hydroxylation sites is 1. The van der Waals surface area contributed by atoms with Crippen molar-refractivity contribution in [2.75, 3.05) is 37.7 Å². The van der Waals surface area contributed by atoms with E-state index >= 15 is 0 Å². The van der Waals surface area contributed by atoms with Crippen molar-refractivity contribution >= 4 is 35.1 Å². The van der Waals surface area contributed by atoms with Crippen molar-refractivity contribution in [1.82, 2.24) is 4.90 Å². The van der Waals surface area contributed by atoms with Crippen molar-refractivity contribution < 1.29 is 14.3 Å². The Kier molecular flexibility index (Phi) is 5.20. The molecule has 7 heteroatoms. The molecule has 0 unspecified atom stereocenters. The standard InChI is InChI=1S/C14H16ClN3O3/c1-2-21-14(20)18-8-6-17(7-9-18)13-11(15)4-3-5-12(13)16-10-19/h3-5H,2,6-9H2,1H3. The first-order chi connectivity index (χ1) is 10.2. The number of halogens is 1. The summed E-state index contributed by atoms with van der Waals surface area (Å²) in [6.45, 7) is 4.42. The molecule has 0 atom stereocenters. The van der Waals surface area contributed by atoms with Crippen LogP contribution in [0.15, 0.2) is 23.2 Å². The highest BCUT2D eigenvalue weighted by atomic mass is 35.5. The third-order valence-electron chi connectivity index (χ3n) is 3.25. The first kappa shape index (κ1) is 15.4. The third-order valence-corrected chi connectivity index (χ3v) is 3.56. The molecule has 0 spiro atoms. The molecule has 1 aromatic rings. The van der Waals surface area contributed by atoms with E-state index in [1.807, 2.05) is 4.90 Å². The van der Waals surface area contributed by atoms with Gasteiger partial charge in [0.2, 0.25) is 6.08 Å². The predicted molar refractivity (Wildman–Crippen MR) is 80.0 cm³/mol. The molecule has 1 amide bonds. The largest absolute Gasteiger partial charge is 0.450 e. The normalized spacial score (nSPS) is 14.6. The molecular formula is C14H16ClN3O3. The van der Waals surface area contributed by atoms with Crippen LogP contribution in [0, 0.1) is 0 Å². The number of amides is 1. The Balaban J connectivity index is 2.12. The van der Waals surface area contributed by atoms with E-state index in [4.69, 9.17) is 16.3 Å². The van der Waals surface area contributed by atoms with Crippen molar-refractivity contribution in [1.29, 1.82) is 0 Å². The maximum absolute atomic E-state index is 11.7. The SMILES string of the molecule is CCOC(=O)N1CCN(c2c(Cl)cccc2N=C=O)CC1. The Hall–Kier alpha value is -2.04. The van der Waals surface area contributed by atoms with E-state index in [2.05, 4.69) is 4.99 Å². The fourth-order valence-electron chi connectivity index (χ4n) is 2.28. The van der Waals surface area contributed by atoms with Gasteiger partial charge in [0.25, 0.3) is 0 Å². The quantitative estimate of drug-likeness (QED) is 0.636. The van der Waals surface area contributed by atoms with Gasteiger partial charge in [0.1, 0.15) is 5.69 Å². The molecule has 112 valence electrons. The molecule has 0 bridgehead atoms. The number of ether oxygens (including phenoxy) is 1. The second kappa shape index (κ2) is 7.11. The van der Waals surface area contributed by atoms with E-state index in [0.29, 0.717) is 49.2 Å². The number of carbonyl (C=O) groups is 1. The van der Waals surface area contributed by atoms with Gasteiger partial charge in [-0.1, -0.05) is 17.7 Å². The van der Waals surface area contributed by atoms with Gasteiger partial charge in [-0.25, -0.2) is 9.59 Å². The Morgan fingerprint density at radius 3 is 2.71 bits per heavy atom. The van der Waals surface area contributed by atoms with Gasteiger partial charge in [-0.05, 0) is 19.1 Å². The topological polar surface area (TPSA) is 62.2 Å². The van der Waals surface area contributed by atoms with Crippen LogP contribution in [0.25, 0.3) is 0 Å². The van der Waals surface area contributed by atoms with Crippen LogP contribution >= 0.6 is 11.6 Å². The molecule has 0 aromatic heterocycles. The molecule has 1 fully saturated rings. The average molecular weight is 310 g/mol. The number of anilines is 1. The molecule has 0 N–H and O–H groups in total. The lowest BCUT2D eigenvalue weighted by atomic mass is 10.2. The molecule has 1 aliphatic heterocycles. The number of hydrogen-bond donors (Lipinski definition) is 0. The Bertz CT molecular complexity index is 565. The lowest BCUT2D eigenvalue weighted by Gasteiger charge is -2.36. The van der Waals surface area contributed by atoms with Crippen molar-refractivity contribution in [3.8, 4) is 0 Å². The van der Waals surface area contributed by atoms with E-state index in [-0.39, 0.29) is 6.09 Å². The van der Waals surface area contributed by atoms with Gasteiger partial charge in [0.05, 0.1) is 17.3 Å². The summed E-state index contributed by atoms with van der Waals surface area (Å²) in [7, 11) is 0. The molecule has 2 rings (SSSR count). The number of hydrogen-bond acceptors (Lipinski definition) is 5. The fourth-order valence-corrected chi connectivity index (χ4v) is 2.57. The highest BCUT2D eigenvalue weighted by Crippen LogP contribution is 2.36. The van der Waals surface area contributed by atoms with Gasteiger partial charge in [-0.3, -0.25) is 0 Å². The van der Waals surface area contributed by atoms with Crippen LogP contribution in [-0.4, -0.2) is 49.9 Å². The number of isocyanates is 1. The van der Waals surface area contributed by atoms with E-state index < -0.39 is 0 Å². The van der Waals surface area contributed by atoms with Crippen LogP contribution in [-0.2, 0) is 9.53 Å². The summed E-state index contributed by atoms with van der Waals surface area (Å²) in [6, 6.07) is 5.19. The summed E-state index contributed by atoms with van der Waals surface area (Å²) in [6.07, 6.45) is 1.24. The van der Waals surface area contributed by atoms with Crippen molar-refractivity contribution in [3.63, 3.8) is 0 Å². The molecule has 21 heavy (non-hydrogen) atoms. The van der Waals surface area contributed by atoms with Gasteiger partial charge in [0.15, 0.2) is 0 Å². The fraction of sp³-hybridized carbons (Fsp3) is 0.429. The molecule has 1 heterocycles. The maximum atomic E-state index is 11.7. The number of nitrogens with zero attached hydrogens (tertiary/aromatic N) is 3. The zero-order chi connectivity index (χ0) is 15.2. The second-order valence-electron chi connectivity index (χ2n) is 4.48. The number of piperazine rings is 1. The first-order valence-electron chi connectivity index (χ1n) is 6.70. The van der Waals surface area contributed by atoms with E-state index in [9.17, 15) is 9.59 Å². The summed E-state index contributed by atoms with van der Waals surface area (Å²) in [4.78, 5) is 29.5. The minimum Gasteiger partial charge on any atom is -0.450 e. The maximum Gasteiger partial charge on any atom is 0.409 e. The Morgan fingerprint density at radius 1 is 1.38 bits per heavy atom. The minimum atomic E-state index is -0.303. The van der Waals surface area contributed by atoms with Gasteiger partial charge >= 0.3 is 6.09 Å². The summed E-state index contributed by atoms with van der Waals surface area (Å²) in [5.41, 5.74) is 1.19. The van der Waals surface area contributed by atoms with Crippen molar-refractivity contribution in [3.05, 3.63) is 23.2 Å². The lowest BCUT2D eigenvalue weighted by molar-refractivity contribution is 0.105. The number of aliphatic imine (C=N–C) groups is 1. The van der Waals surface area contributed by atoms with Crippen LogP contribution in [0.2, 0.25) is 5.02 Å². The van der Waals surface area contributed by atoms with Crippen molar-refractivity contribution in [2.24, 2.45) is 4.99 Å². The first-order valence-corrected chi connectivity index (χ1v) is 7.08. The molecule has 1 aromatic carbocycles. The molecular weight excluding hydrogens is 294 g/mol. The summed E-state index contributed by atoms with van der Waals surface area (Å²) in [5, 5.41) is 0.524. The van der Waals surface area contributed by atoms with Crippen molar-refractivity contribution in [2.45, 2.75) is 6.92 Å². The van der Waals surface area contributed by atoms with E-state index in [1.165, 1.54) is 6.08 Å². The highest BCUT2D eigenvalue weighted by molar-refractivity contribution is 6.34. The average Bonchev–Trinajstić information content (AvgIpc) is 2.48. The van der Waals surface area contributed by atoms with Crippen LogP contribution < -0.4 is 4.90 Å². The lowest BCUT2D eigenvalue weighted by Crippen LogP contribution is -2.49. The number of rotatable bonds is 3. The van der Waals surface area contributed by atoms with Gasteiger partial charge in [-0.15, -0.1) is 0 Å². The zero-order valence-corrected chi connectivity index (χ0v) is 12.5. The minimum absolute atomic E-state index is 0.303. The second-order valence-corrected chi connectivity index (χ2v) is 4.89. The predicted octanol–water partition coefficient (Wildman–Crippen LogP) is 2.59. The van der Waals surface area contributed by atoms with Gasteiger partial charge < -0.3 is 14.5 Å². The number of carbonyl (C=O) groups excluding carboxylic acids is 2. The molecule has 6 nitrogen and oxygen atoms in total. The highest BCUT2D eigenvalue weighted by Gasteiger charge is 2.24. The van der Waals surface area contributed by atoms with Crippen LogP contribution in [0.5, 0.6) is 0 Å². The smallest absolute Gasteiger partial charge is 0.409 e. The number of benzene rings is 1. The summed E-state index contributed by atoms with van der Waals surface area (Å²) >= 11 is 6.21. The molecule has 0 saturated carbocycles. The molecule has 0 radical (unpaired) electrons. The monoisotopic (exact) mass is 309 g/mol. The Morgan fingerprint density at radius 2 is 2.10 bits per heavy atom. The Labute approximate surface area is 127 Å². The summed E-state index contributed by atoms with van der Waals surface area (Å²) < 4.78 is 4.98. The van der Waals surface area contributed by atoms with Crippen LogP contribution in [0.4, 0.5) is 16.2 Å². The molecule has 1 aliphatic rings. The summed E-state index contributed by atoms with van der Waals surface area (Å²) in [5.74, 6) is 0. The van der Waals surface area contributed by atoms with Gasteiger partial charge in [0, 0.05) is 26.2 Å². The molecule has 1 saturated heterocycles. The van der Waals surface area contributed by atoms with Gasteiger partial charge in [-0.2, -0.15) is 4.99 Å². The zero-order valence-electron chi connectivity index (χ0n) is 11.7. The van der Waals surface area contributed by atoms with E-state index in [0.717, 1.165) is 0 Å².